The number of benzene rings is 3. The highest BCUT2D eigenvalue weighted by Gasteiger charge is 2.09. The summed E-state index contributed by atoms with van der Waals surface area (Å²) in [6, 6.07) is 23.3. The summed E-state index contributed by atoms with van der Waals surface area (Å²) in [5.74, 6) is -0.270. The van der Waals surface area contributed by atoms with Crippen LogP contribution in [0.25, 0.3) is 10.9 Å². The van der Waals surface area contributed by atoms with Crippen LogP contribution in [0.1, 0.15) is 15.9 Å². The van der Waals surface area contributed by atoms with E-state index >= 15 is 0 Å². The average Bonchev–Trinajstić information content (AvgIpc) is 2.76. The van der Waals surface area contributed by atoms with E-state index in [2.05, 4.69) is 10.5 Å². The zero-order chi connectivity index (χ0) is 20.9. The number of hydrogen-bond acceptors (Lipinski definition) is 5. The number of hydrazone groups is 1. The number of nitrogens with zero attached hydrogens (tertiary/aromatic N) is 2. The summed E-state index contributed by atoms with van der Waals surface area (Å²) in [7, 11) is 0. The zero-order valence-corrected chi connectivity index (χ0v) is 17.2. The molecule has 2 N–H and O–H groups in total. The SMILES string of the molecule is O=C(N/N=C/c1cc2ccccc2nc1Sc1ccc(Cl)cc1)c1ccc(O)cc1. The highest BCUT2D eigenvalue weighted by atomic mass is 35.5. The Morgan fingerprint density at radius 1 is 1.03 bits per heavy atom. The number of aromatic nitrogens is 1. The maximum absolute atomic E-state index is 12.2. The van der Waals surface area contributed by atoms with E-state index in [9.17, 15) is 9.90 Å². The maximum Gasteiger partial charge on any atom is 0.271 e. The minimum atomic E-state index is -0.369. The van der Waals surface area contributed by atoms with Gasteiger partial charge in [0.15, 0.2) is 0 Å². The minimum absolute atomic E-state index is 0.0983. The van der Waals surface area contributed by atoms with Gasteiger partial charge >= 0.3 is 0 Å². The van der Waals surface area contributed by atoms with Crippen LogP contribution in [0.5, 0.6) is 5.75 Å². The second-order valence-corrected chi connectivity index (χ2v) is 7.88. The van der Waals surface area contributed by atoms with E-state index in [1.807, 2.05) is 54.6 Å². The molecule has 0 radical (unpaired) electrons. The fourth-order valence-electron chi connectivity index (χ4n) is 2.74. The van der Waals surface area contributed by atoms with Crippen molar-refractivity contribution < 1.29 is 9.90 Å². The van der Waals surface area contributed by atoms with Crippen LogP contribution < -0.4 is 5.43 Å². The number of carbonyl (C=O) groups is 1. The van der Waals surface area contributed by atoms with E-state index < -0.39 is 0 Å². The molecule has 4 rings (SSSR count). The van der Waals surface area contributed by atoms with Gasteiger partial charge in [0.1, 0.15) is 10.8 Å². The summed E-state index contributed by atoms with van der Waals surface area (Å²) in [6.45, 7) is 0. The van der Waals surface area contributed by atoms with Crippen molar-refractivity contribution in [1.29, 1.82) is 0 Å². The molecule has 0 aliphatic heterocycles. The standard InChI is InChI=1S/C23H16ClN3O2S/c24-18-7-11-20(12-8-18)30-23-17(13-16-3-1-2-4-21(16)26-23)14-25-27-22(29)15-5-9-19(28)10-6-15/h1-14,28H,(H,27,29)/b25-14+. The third-order valence-electron chi connectivity index (χ3n) is 4.24. The molecule has 1 heterocycles. The molecular formula is C23H16ClN3O2S. The van der Waals surface area contributed by atoms with Gasteiger partial charge in [0.25, 0.3) is 5.91 Å². The van der Waals surface area contributed by atoms with Gasteiger partial charge in [0, 0.05) is 26.4 Å². The molecule has 0 fully saturated rings. The number of phenolic OH excluding ortho intramolecular Hbond substituents is 1. The van der Waals surface area contributed by atoms with Crippen molar-refractivity contribution in [3.63, 3.8) is 0 Å². The average molecular weight is 434 g/mol. The third kappa shape index (κ3) is 4.79. The fourth-order valence-corrected chi connectivity index (χ4v) is 3.74. The smallest absolute Gasteiger partial charge is 0.271 e. The van der Waals surface area contributed by atoms with Crippen molar-refractivity contribution >= 4 is 46.4 Å². The van der Waals surface area contributed by atoms with Crippen molar-refractivity contribution in [2.75, 3.05) is 0 Å². The number of rotatable bonds is 5. The van der Waals surface area contributed by atoms with Crippen molar-refractivity contribution in [3.8, 4) is 5.75 Å². The number of aromatic hydroxyl groups is 1. The third-order valence-corrected chi connectivity index (χ3v) is 5.52. The topological polar surface area (TPSA) is 74.6 Å². The number of pyridine rings is 1. The number of amides is 1. The summed E-state index contributed by atoms with van der Waals surface area (Å²) in [5.41, 5.74) is 4.56. The Balaban J connectivity index is 1.60. The first-order chi connectivity index (χ1) is 14.6. The Kier molecular flexibility index (Phi) is 5.97. The van der Waals surface area contributed by atoms with Gasteiger partial charge in [0.05, 0.1) is 11.7 Å². The molecule has 0 saturated carbocycles. The number of fused-ring (bicyclic) bond motifs is 1. The van der Waals surface area contributed by atoms with Crippen molar-refractivity contribution in [1.82, 2.24) is 10.4 Å². The molecule has 0 saturated heterocycles. The first kappa shape index (κ1) is 19.9. The number of hydrogen-bond donors (Lipinski definition) is 2. The van der Waals surface area contributed by atoms with Crippen LogP contribution in [0.15, 0.2) is 93.9 Å². The second-order valence-electron chi connectivity index (χ2n) is 6.38. The first-order valence-corrected chi connectivity index (χ1v) is 10.2. The Morgan fingerprint density at radius 2 is 1.77 bits per heavy atom. The summed E-state index contributed by atoms with van der Waals surface area (Å²) >= 11 is 7.47. The Hall–Kier alpha value is -3.35. The molecule has 0 spiro atoms. The van der Waals surface area contributed by atoms with Gasteiger partial charge in [-0.05, 0) is 60.7 Å². The summed E-state index contributed by atoms with van der Waals surface area (Å²) in [5, 5.41) is 15.9. The molecule has 0 bridgehead atoms. The molecular weight excluding hydrogens is 418 g/mol. The number of nitrogens with one attached hydrogen (secondary N) is 1. The van der Waals surface area contributed by atoms with Gasteiger partial charge in [-0.3, -0.25) is 4.79 Å². The molecule has 1 aromatic heterocycles. The van der Waals surface area contributed by atoms with E-state index in [-0.39, 0.29) is 11.7 Å². The lowest BCUT2D eigenvalue weighted by Gasteiger charge is -2.08. The Morgan fingerprint density at radius 3 is 2.53 bits per heavy atom. The molecule has 30 heavy (non-hydrogen) atoms. The molecule has 0 atom stereocenters. The van der Waals surface area contributed by atoms with Crippen LogP contribution in [0.3, 0.4) is 0 Å². The zero-order valence-electron chi connectivity index (χ0n) is 15.6. The van der Waals surface area contributed by atoms with Gasteiger partial charge in [-0.2, -0.15) is 5.10 Å². The number of halogens is 1. The molecule has 148 valence electrons. The van der Waals surface area contributed by atoms with Crippen molar-refractivity contribution in [2.24, 2.45) is 5.10 Å². The summed E-state index contributed by atoms with van der Waals surface area (Å²) in [6.07, 6.45) is 1.58. The lowest BCUT2D eigenvalue weighted by molar-refractivity contribution is 0.0955. The number of phenols is 1. The van der Waals surface area contributed by atoms with Crippen LogP contribution in [-0.4, -0.2) is 22.2 Å². The molecule has 0 unspecified atom stereocenters. The lowest BCUT2D eigenvalue weighted by atomic mass is 10.2. The van der Waals surface area contributed by atoms with Crippen LogP contribution in [-0.2, 0) is 0 Å². The van der Waals surface area contributed by atoms with Crippen molar-refractivity contribution in [3.05, 3.63) is 95.0 Å². The quantitative estimate of drug-likeness (QED) is 0.321. The van der Waals surface area contributed by atoms with Crippen LogP contribution >= 0.6 is 23.4 Å². The maximum atomic E-state index is 12.2. The van der Waals surface area contributed by atoms with Crippen molar-refractivity contribution in [2.45, 2.75) is 9.92 Å². The van der Waals surface area contributed by atoms with E-state index in [0.717, 1.165) is 26.4 Å². The predicted molar refractivity (Wildman–Crippen MR) is 120 cm³/mol. The normalized spacial score (nSPS) is 11.1. The second kappa shape index (κ2) is 8.98. The predicted octanol–water partition coefficient (Wildman–Crippen LogP) is 5.51. The molecule has 7 heteroatoms. The largest absolute Gasteiger partial charge is 0.508 e. The number of para-hydroxylation sites is 1. The highest BCUT2D eigenvalue weighted by molar-refractivity contribution is 7.99. The molecule has 1 amide bonds. The monoisotopic (exact) mass is 433 g/mol. The molecule has 5 nitrogen and oxygen atoms in total. The molecule has 0 aliphatic rings. The molecule has 3 aromatic carbocycles. The Bertz CT molecular complexity index is 1230. The van der Waals surface area contributed by atoms with Gasteiger partial charge in [0.2, 0.25) is 0 Å². The van der Waals surface area contributed by atoms with E-state index in [1.165, 1.54) is 36.0 Å². The van der Waals surface area contributed by atoms with Gasteiger partial charge < -0.3 is 5.11 Å². The molecule has 0 aliphatic carbocycles. The van der Waals surface area contributed by atoms with E-state index in [1.54, 1.807) is 6.21 Å². The van der Waals surface area contributed by atoms with Crippen LogP contribution in [0.2, 0.25) is 5.02 Å². The molecule has 4 aromatic rings. The van der Waals surface area contributed by atoms with E-state index in [0.29, 0.717) is 10.6 Å². The van der Waals surface area contributed by atoms with Crippen LogP contribution in [0.4, 0.5) is 0 Å². The highest BCUT2D eigenvalue weighted by Crippen LogP contribution is 2.31. The van der Waals surface area contributed by atoms with E-state index in [4.69, 9.17) is 16.6 Å². The first-order valence-electron chi connectivity index (χ1n) is 9.04. The summed E-state index contributed by atoms with van der Waals surface area (Å²) < 4.78 is 0. The fraction of sp³-hybridized carbons (Fsp3) is 0. The minimum Gasteiger partial charge on any atom is -0.508 e. The number of carbonyl (C=O) groups excluding carboxylic acids is 1. The lowest BCUT2D eigenvalue weighted by Crippen LogP contribution is -2.17. The Labute approximate surface area is 182 Å². The van der Waals surface area contributed by atoms with Gasteiger partial charge in [-0.15, -0.1) is 0 Å². The van der Waals surface area contributed by atoms with Gasteiger partial charge in [-0.1, -0.05) is 41.6 Å². The van der Waals surface area contributed by atoms with Crippen LogP contribution in [0, 0.1) is 0 Å². The summed E-state index contributed by atoms with van der Waals surface area (Å²) in [4.78, 5) is 18.0. The van der Waals surface area contributed by atoms with Gasteiger partial charge in [-0.25, -0.2) is 10.4 Å².